The van der Waals surface area contributed by atoms with Gasteiger partial charge in [-0.15, -0.1) is 9.45 Å². The van der Waals surface area contributed by atoms with Crippen molar-refractivity contribution < 1.29 is 23.4 Å². The molecule has 0 aliphatic rings. The van der Waals surface area contributed by atoms with Crippen LogP contribution in [-0.2, 0) is 50.5 Å². The Bertz CT molecular complexity index is 1230. The first kappa shape index (κ1) is 41.7. The lowest BCUT2D eigenvalue weighted by molar-refractivity contribution is -0.149. The molecule has 0 spiro atoms. The highest BCUT2D eigenvalue weighted by Gasteiger charge is 2.31. The maximum Gasteiger partial charge on any atom is 0.323 e. The molecule has 3 N–H and O–H groups in total. The lowest BCUT2D eigenvalue weighted by Gasteiger charge is -2.25. The molecule has 4 atom stereocenters. The number of nitrogens with one attached hydrogen (secondary N) is 1. The van der Waals surface area contributed by atoms with E-state index in [1.807, 2.05) is 6.92 Å². The molecule has 2 aromatic heterocycles. The van der Waals surface area contributed by atoms with Gasteiger partial charge in [0.2, 0.25) is 0 Å². The Morgan fingerprint density at radius 1 is 0.936 bits per heavy atom. The van der Waals surface area contributed by atoms with Gasteiger partial charge in [-0.25, -0.2) is 20.0 Å². The monoisotopic (exact) mass is 716 g/mol. The first-order valence-electron chi connectivity index (χ1n) is 17.6. The lowest BCUT2D eigenvalue weighted by atomic mass is 10.0. The van der Waals surface area contributed by atoms with Gasteiger partial charge in [-0.3, -0.25) is 9.36 Å². The van der Waals surface area contributed by atoms with Crippen LogP contribution in [0.25, 0.3) is 11.2 Å². The summed E-state index contributed by atoms with van der Waals surface area (Å²) in [6.45, 7) is 9.89. The summed E-state index contributed by atoms with van der Waals surface area (Å²) in [4.78, 5) is 25.0. The number of esters is 1. The molecule has 0 aliphatic heterocycles. The zero-order chi connectivity index (χ0) is 34.5. The number of anilines is 1. The molecule has 0 amide bonds. The third-order valence-corrected chi connectivity index (χ3v) is 12.1. The number of imidazole rings is 1. The van der Waals surface area contributed by atoms with Crippen molar-refractivity contribution in [3.63, 3.8) is 0 Å². The maximum atomic E-state index is 13.9. The third-order valence-electron chi connectivity index (χ3n) is 7.84. The Balaban J connectivity index is 1.72. The Morgan fingerprint density at radius 2 is 1.53 bits per heavy atom. The van der Waals surface area contributed by atoms with Gasteiger partial charge in [-0.1, -0.05) is 102 Å². The van der Waals surface area contributed by atoms with Crippen molar-refractivity contribution in [1.82, 2.24) is 24.6 Å². The number of fused-ring (bicyclic) bond motifs is 1. The van der Waals surface area contributed by atoms with E-state index in [4.69, 9.17) is 30.9 Å². The van der Waals surface area contributed by atoms with Crippen LogP contribution in [0.2, 0.25) is 0 Å². The van der Waals surface area contributed by atoms with E-state index in [9.17, 15) is 9.36 Å². The second-order valence-electron chi connectivity index (χ2n) is 12.7. The van der Waals surface area contributed by atoms with Crippen LogP contribution in [-0.4, -0.2) is 68.2 Å². The third kappa shape index (κ3) is 17.6. The van der Waals surface area contributed by atoms with Gasteiger partial charge in [0.1, 0.15) is 24.2 Å². The number of aromatic nitrogens is 4. The molecule has 2 aromatic rings. The fraction of sp³-hybridized carbons (Fsp3) is 0.818. The van der Waals surface area contributed by atoms with Crippen LogP contribution in [0.3, 0.4) is 0 Å². The van der Waals surface area contributed by atoms with E-state index in [2.05, 4.69) is 27.0 Å². The maximum absolute atomic E-state index is 13.9. The predicted molar refractivity (Wildman–Crippen MR) is 197 cm³/mol. The zero-order valence-corrected chi connectivity index (χ0v) is 32.0. The molecule has 0 bridgehead atoms. The minimum Gasteiger partial charge on any atom is -0.462 e. The van der Waals surface area contributed by atoms with E-state index in [0.717, 1.165) is 12.2 Å². The number of rotatable bonds is 28. The number of hydrogen-bond donors (Lipinski definition) is 2. The Kier molecular flexibility index (Phi) is 21.1. The molecular weight excluding hydrogens is 656 g/mol. The van der Waals surface area contributed by atoms with Gasteiger partial charge in [0.05, 0.1) is 31.7 Å². The fourth-order valence-corrected chi connectivity index (χ4v) is 8.66. The molecule has 1 unspecified atom stereocenters. The van der Waals surface area contributed by atoms with Gasteiger partial charge in [-0.2, -0.15) is 0 Å². The second-order valence-corrected chi connectivity index (χ2v) is 18.0. The van der Waals surface area contributed by atoms with Crippen LogP contribution in [0.1, 0.15) is 125 Å². The zero-order valence-electron chi connectivity index (χ0n) is 29.5. The van der Waals surface area contributed by atoms with Gasteiger partial charge in [0.15, 0.2) is 11.5 Å². The number of ether oxygens (including phenoxy) is 2. The average molecular weight is 717 g/mol. The van der Waals surface area contributed by atoms with Crippen LogP contribution < -0.4 is 10.8 Å². The van der Waals surface area contributed by atoms with Gasteiger partial charge < -0.3 is 24.3 Å². The molecule has 47 heavy (non-hydrogen) atoms. The van der Waals surface area contributed by atoms with E-state index in [1.165, 1.54) is 89.8 Å². The summed E-state index contributed by atoms with van der Waals surface area (Å²) in [6, 6.07) is -0.836. The molecule has 0 saturated heterocycles. The first-order chi connectivity index (χ1) is 22.5. The van der Waals surface area contributed by atoms with Gasteiger partial charge in [0.25, 0.3) is 7.52 Å². The quantitative estimate of drug-likeness (QED) is 0.0514. The summed E-state index contributed by atoms with van der Waals surface area (Å²) in [7, 11) is -3.83. The van der Waals surface area contributed by atoms with Crippen molar-refractivity contribution in [2.24, 2.45) is 0 Å². The van der Waals surface area contributed by atoms with E-state index in [1.54, 1.807) is 31.7 Å². The molecule has 2 rings (SSSR count). The summed E-state index contributed by atoms with van der Waals surface area (Å²) < 4.78 is 32.9. The van der Waals surface area contributed by atoms with Crippen molar-refractivity contribution in [3.05, 3.63) is 12.7 Å². The molecule has 0 aliphatic carbocycles. The first-order valence-corrected chi connectivity index (χ1v) is 21.9. The number of unbranched alkanes of at least 4 members (excludes halogenated alkanes) is 13. The van der Waals surface area contributed by atoms with E-state index in [-0.39, 0.29) is 34.6 Å². The van der Waals surface area contributed by atoms with E-state index < -0.39 is 19.5 Å². The minimum atomic E-state index is -3.58. The van der Waals surface area contributed by atoms with Crippen molar-refractivity contribution in [2.75, 3.05) is 30.2 Å². The standard InChI is InChI=1S/C33H61N6O5PS2/c1-6-7-8-9-10-11-12-13-14-15-16-17-18-19-21-47(46)22-20-43-45(41,38-29(5)33(40)44-27(2)3)26-42-28(4)23-39-25-37-30-31(34)35-24-36-32(30)39/h24-25,27-29H,6-23,26H2,1-5H3,(H,38,41)(H2,34,35,36)/t28-,29+,45+,47?/m1/s1. The molecule has 0 saturated carbocycles. The second kappa shape index (κ2) is 23.8. The highest BCUT2D eigenvalue weighted by molar-refractivity contribution is 8.28. The smallest absolute Gasteiger partial charge is 0.323 e. The summed E-state index contributed by atoms with van der Waals surface area (Å²) >= 11 is 5.72. The van der Waals surface area contributed by atoms with Crippen molar-refractivity contribution >= 4 is 51.1 Å². The number of nitrogens with zero attached hydrogens (tertiary/aromatic N) is 4. The van der Waals surface area contributed by atoms with E-state index >= 15 is 0 Å². The number of carbonyl (C=O) groups is 1. The summed E-state index contributed by atoms with van der Waals surface area (Å²) in [5.41, 5.74) is 7.01. The Morgan fingerprint density at radius 3 is 2.13 bits per heavy atom. The van der Waals surface area contributed by atoms with Crippen molar-refractivity contribution in [3.8, 4) is 0 Å². The van der Waals surface area contributed by atoms with Gasteiger partial charge in [0, 0.05) is 5.75 Å². The average Bonchev–Trinajstić information content (AvgIpc) is 3.43. The fourth-order valence-electron chi connectivity index (χ4n) is 5.22. The summed E-state index contributed by atoms with van der Waals surface area (Å²) in [6.07, 6.45) is 20.7. The number of nitrogen functional groups attached to an aromatic ring is 1. The van der Waals surface area contributed by atoms with Crippen molar-refractivity contribution in [2.45, 2.75) is 149 Å². The lowest BCUT2D eigenvalue weighted by Crippen LogP contribution is -2.36. The van der Waals surface area contributed by atoms with Gasteiger partial charge in [-0.05, 0) is 39.9 Å². The minimum absolute atomic E-state index is 0.221. The number of hydrogen-bond acceptors (Lipinski definition) is 10. The molecule has 0 radical (unpaired) electrons. The highest BCUT2D eigenvalue weighted by atomic mass is 32.8. The van der Waals surface area contributed by atoms with Crippen LogP contribution in [0, 0.1) is 0 Å². The molecule has 0 fully saturated rings. The molecule has 0 aromatic carbocycles. The predicted octanol–water partition coefficient (Wildman–Crippen LogP) is 7.47. The SMILES string of the molecule is CCCCCCCCCCCCCCCCS(=S)CCO[P@@](=O)(CO[C@H](C)Cn1cnc2c(N)ncnc21)N[C@@H](C)C(=O)OC(C)C. The highest BCUT2D eigenvalue weighted by Crippen LogP contribution is 2.43. The Labute approximate surface area is 290 Å². The molecule has 2 heterocycles. The summed E-state index contributed by atoms with van der Waals surface area (Å²) in [5, 5.41) is 2.87. The number of nitrogens with two attached hydrogens (primary N) is 1. The van der Waals surface area contributed by atoms with Crippen LogP contribution >= 0.6 is 7.52 Å². The largest absolute Gasteiger partial charge is 0.462 e. The van der Waals surface area contributed by atoms with Crippen LogP contribution in [0.5, 0.6) is 0 Å². The molecule has 11 nitrogen and oxygen atoms in total. The normalized spacial score (nSPS) is 15.1. The molecular formula is C33H61N6O5PS2. The van der Waals surface area contributed by atoms with Gasteiger partial charge >= 0.3 is 5.97 Å². The number of carbonyl (C=O) groups excluding carboxylic acids is 1. The Hall–Kier alpha value is -1.50. The molecule has 270 valence electrons. The van der Waals surface area contributed by atoms with E-state index in [0.29, 0.717) is 29.3 Å². The topological polar surface area (TPSA) is 143 Å². The van der Waals surface area contributed by atoms with Crippen molar-refractivity contribution in [1.29, 1.82) is 0 Å². The van der Waals surface area contributed by atoms with Crippen LogP contribution in [0.15, 0.2) is 12.7 Å². The molecule has 14 heteroatoms. The summed E-state index contributed by atoms with van der Waals surface area (Å²) in [5.74, 6) is 1.39. The van der Waals surface area contributed by atoms with Crippen LogP contribution in [0.4, 0.5) is 5.82 Å².